The molecule has 1 saturated heterocycles. The number of likely N-dealkylation sites (N-methyl/N-ethyl adjacent to an activating group) is 1. The van der Waals surface area contributed by atoms with Crippen LogP contribution in [-0.2, 0) is 11.3 Å². The fourth-order valence-electron chi connectivity index (χ4n) is 2.04. The van der Waals surface area contributed by atoms with Crippen LogP contribution in [0, 0.1) is 0 Å². The highest BCUT2D eigenvalue weighted by Gasteiger charge is 2.20. The molecule has 0 bridgehead atoms. The monoisotopic (exact) mass is 237 g/mol. The summed E-state index contributed by atoms with van der Waals surface area (Å²) in [6.45, 7) is 4.70. The lowest BCUT2D eigenvalue weighted by Gasteiger charge is -2.34. The van der Waals surface area contributed by atoms with E-state index in [2.05, 4.69) is 10.2 Å². The fraction of sp³-hybridized carbons (Fsp3) is 0.583. The first-order valence-electron chi connectivity index (χ1n) is 5.96. The normalized spacial score (nSPS) is 17.4. The quantitative estimate of drug-likeness (QED) is 0.809. The van der Waals surface area contributed by atoms with Crippen LogP contribution in [0.15, 0.2) is 22.8 Å². The van der Waals surface area contributed by atoms with Gasteiger partial charge in [-0.3, -0.25) is 9.69 Å². The largest absolute Gasteiger partial charge is 0.468 e. The summed E-state index contributed by atoms with van der Waals surface area (Å²) in [4.78, 5) is 15.9. The van der Waals surface area contributed by atoms with Crippen molar-refractivity contribution in [2.45, 2.75) is 6.54 Å². The summed E-state index contributed by atoms with van der Waals surface area (Å²) in [5.41, 5.74) is 0. The molecule has 1 N–H and O–H groups in total. The van der Waals surface area contributed by atoms with Crippen molar-refractivity contribution in [2.75, 3.05) is 39.8 Å². The van der Waals surface area contributed by atoms with Crippen LogP contribution in [-0.4, -0.2) is 55.5 Å². The molecular formula is C12H19N3O2. The van der Waals surface area contributed by atoms with Crippen LogP contribution >= 0.6 is 0 Å². The Labute approximate surface area is 101 Å². The molecule has 0 radical (unpaired) electrons. The molecule has 5 nitrogen and oxygen atoms in total. The van der Waals surface area contributed by atoms with Gasteiger partial charge in [0.2, 0.25) is 5.91 Å². The molecule has 1 fully saturated rings. The Morgan fingerprint density at radius 1 is 1.41 bits per heavy atom. The van der Waals surface area contributed by atoms with Gasteiger partial charge in [-0.15, -0.1) is 0 Å². The lowest BCUT2D eigenvalue weighted by molar-refractivity contribution is -0.131. The number of carbonyl (C=O) groups excluding carboxylic acids is 1. The van der Waals surface area contributed by atoms with Crippen LogP contribution in [0.2, 0.25) is 0 Å². The van der Waals surface area contributed by atoms with Crippen LogP contribution in [0.3, 0.4) is 0 Å². The summed E-state index contributed by atoms with van der Waals surface area (Å²) in [7, 11) is 1.80. The minimum Gasteiger partial charge on any atom is -0.468 e. The Bertz CT molecular complexity index is 343. The smallest absolute Gasteiger partial charge is 0.236 e. The van der Waals surface area contributed by atoms with Gasteiger partial charge in [-0.25, -0.2) is 0 Å². The first kappa shape index (κ1) is 12.1. The zero-order chi connectivity index (χ0) is 12.1. The lowest BCUT2D eigenvalue weighted by atomic mass is 10.3. The number of hydrogen-bond donors (Lipinski definition) is 1. The molecule has 0 atom stereocenters. The number of furan rings is 1. The topological polar surface area (TPSA) is 48.7 Å². The van der Waals surface area contributed by atoms with Gasteiger partial charge in [0.25, 0.3) is 0 Å². The zero-order valence-electron chi connectivity index (χ0n) is 10.2. The number of piperazine rings is 1. The second-order valence-electron chi connectivity index (χ2n) is 4.27. The minimum absolute atomic E-state index is 0.185. The molecule has 0 aliphatic carbocycles. The van der Waals surface area contributed by atoms with E-state index in [0.29, 0.717) is 6.54 Å². The second-order valence-corrected chi connectivity index (χ2v) is 4.27. The van der Waals surface area contributed by atoms with Gasteiger partial charge in [0, 0.05) is 26.2 Å². The van der Waals surface area contributed by atoms with E-state index in [1.165, 1.54) is 0 Å². The molecule has 1 amide bonds. The third kappa shape index (κ3) is 3.31. The third-order valence-electron chi connectivity index (χ3n) is 3.01. The number of amides is 1. The summed E-state index contributed by atoms with van der Waals surface area (Å²) < 4.78 is 5.32. The van der Waals surface area contributed by atoms with E-state index in [4.69, 9.17) is 4.42 Å². The maximum atomic E-state index is 11.6. The average molecular weight is 237 g/mol. The van der Waals surface area contributed by atoms with Gasteiger partial charge in [-0.05, 0) is 19.2 Å². The molecule has 5 heteroatoms. The van der Waals surface area contributed by atoms with Gasteiger partial charge in [0.05, 0.1) is 19.4 Å². The Kier molecular flexibility index (Phi) is 4.17. The predicted octanol–water partition coefficient (Wildman–Crippen LogP) is 0.143. The standard InChI is InChI=1S/C12H19N3O2/c1-13-9-12(16)15-6-4-14(5-7-15)10-11-3-2-8-17-11/h2-3,8,13H,4-7,9-10H2,1H3. The molecule has 0 aromatic carbocycles. The van der Waals surface area contributed by atoms with E-state index in [-0.39, 0.29) is 5.91 Å². The number of rotatable bonds is 4. The van der Waals surface area contributed by atoms with Crippen LogP contribution < -0.4 is 5.32 Å². The molecule has 0 unspecified atom stereocenters. The van der Waals surface area contributed by atoms with Gasteiger partial charge in [0.1, 0.15) is 5.76 Å². The van der Waals surface area contributed by atoms with Gasteiger partial charge in [-0.2, -0.15) is 0 Å². The lowest BCUT2D eigenvalue weighted by Crippen LogP contribution is -2.50. The molecule has 2 rings (SSSR count). The molecule has 94 valence electrons. The number of carbonyl (C=O) groups is 1. The minimum atomic E-state index is 0.185. The number of hydrogen-bond acceptors (Lipinski definition) is 4. The molecule has 17 heavy (non-hydrogen) atoms. The summed E-state index contributed by atoms with van der Waals surface area (Å²) >= 11 is 0. The highest BCUT2D eigenvalue weighted by atomic mass is 16.3. The van der Waals surface area contributed by atoms with Crippen molar-refractivity contribution in [2.24, 2.45) is 0 Å². The Hall–Kier alpha value is -1.33. The van der Waals surface area contributed by atoms with Gasteiger partial charge in [0.15, 0.2) is 0 Å². The van der Waals surface area contributed by atoms with E-state index in [9.17, 15) is 4.79 Å². The van der Waals surface area contributed by atoms with Crippen LogP contribution in [0.1, 0.15) is 5.76 Å². The van der Waals surface area contributed by atoms with Gasteiger partial charge in [-0.1, -0.05) is 0 Å². The maximum Gasteiger partial charge on any atom is 0.236 e. The predicted molar refractivity (Wildman–Crippen MR) is 64.5 cm³/mol. The second kappa shape index (κ2) is 5.84. The van der Waals surface area contributed by atoms with E-state index < -0.39 is 0 Å². The highest BCUT2D eigenvalue weighted by Crippen LogP contribution is 2.08. The molecule has 1 aromatic rings. The molecule has 1 aliphatic heterocycles. The zero-order valence-corrected chi connectivity index (χ0v) is 10.2. The molecule has 0 saturated carbocycles. The van der Waals surface area contributed by atoms with Crippen molar-refractivity contribution < 1.29 is 9.21 Å². The molecule has 1 aliphatic rings. The Morgan fingerprint density at radius 3 is 2.76 bits per heavy atom. The van der Waals surface area contributed by atoms with E-state index in [1.807, 2.05) is 17.0 Å². The fourth-order valence-corrected chi connectivity index (χ4v) is 2.04. The highest BCUT2D eigenvalue weighted by molar-refractivity contribution is 5.78. The van der Waals surface area contributed by atoms with Crippen molar-refractivity contribution in [3.05, 3.63) is 24.2 Å². The SMILES string of the molecule is CNCC(=O)N1CCN(Cc2ccco2)CC1. The van der Waals surface area contributed by atoms with Crippen molar-refractivity contribution >= 4 is 5.91 Å². The summed E-state index contributed by atoms with van der Waals surface area (Å²) in [6, 6.07) is 3.89. The van der Waals surface area contributed by atoms with Crippen LogP contribution in [0.5, 0.6) is 0 Å². The van der Waals surface area contributed by atoms with Gasteiger partial charge < -0.3 is 14.6 Å². The molecule has 0 spiro atoms. The van der Waals surface area contributed by atoms with E-state index in [0.717, 1.165) is 38.5 Å². The van der Waals surface area contributed by atoms with Gasteiger partial charge >= 0.3 is 0 Å². The average Bonchev–Trinajstić information content (AvgIpc) is 2.83. The maximum absolute atomic E-state index is 11.6. The van der Waals surface area contributed by atoms with E-state index in [1.54, 1.807) is 13.3 Å². The molecular weight excluding hydrogens is 218 g/mol. The van der Waals surface area contributed by atoms with Crippen molar-refractivity contribution in [3.8, 4) is 0 Å². The van der Waals surface area contributed by atoms with Crippen molar-refractivity contribution in [1.29, 1.82) is 0 Å². The first-order valence-corrected chi connectivity index (χ1v) is 5.96. The van der Waals surface area contributed by atoms with Crippen molar-refractivity contribution in [1.82, 2.24) is 15.1 Å². The molecule has 1 aromatic heterocycles. The van der Waals surface area contributed by atoms with Crippen LogP contribution in [0.25, 0.3) is 0 Å². The van der Waals surface area contributed by atoms with Crippen molar-refractivity contribution in [3.63, 3.8) is 0 Å². The molecule has 2 heterocycles. The summed E-state index contributed by atoms with van der Waals surface area (Å²) in [6.07, 6.45) is 1.70. The van der Waals surface area contributed by atoms with E-state index >= 15 is 0 Å². The summed E-state index contributed by atoms with van der Waals surface area (Å²) in [5, 5.41) is 2.89. The third-order valence-corrected chi connectivity index (χ3v) is 3.01. The summed E-state index contributed by atoms with van der Waals surface area (Å²) in [5.74, 6) is 1.17. The Balaban J connectivity index is 1.76. The number of nitrogens with zero attached hydrogens (tertiary/aromatic N) is 2. The Morgan fingerprint density at radius 2 is 2.18 bits per heavy atom. The first-order chi connectivity index (χ1) is 8.29. The number of nitrogens with one attached hydrogen (secondary N) is 1. The van der Waals surface area contributed by atoms with Crippen LogP contribution in [0.4, 0.5) is 0 Å².